The van der Waals surface area contributed by atoms with Gasteiger partial charge in [0.15, 0.2) is 0 Å². The van der Waals surface area contributed by atoms with E-state index in [1.807, 2.05) is 20.8 Å². The van der Waals surface area contributed by atoms with Crippen LogP contribution < -0.4 is 11.1 Å². The third kappa shape index (κ3) is 6.03. The van der Waals surface area contributed by atoms with Crippen molar-refractivity contribution in [3.05, 3.63) is 0 Å². The van der Waals surface area contributed by atoms with Gasteiger partial charge in [-0.3, -0.25) is 9.69 Å². The third-order valence-corrected chi connectivity index (χ3v) is 3.16. The Kier molecular flexibility index (Phi) is 5.40. The Balaban J connectivity index is 2.24. The summed E-state index contributed by atoms with van der Waals surface area (Å²) in [7, 11) is 0. The van der Waals surface area contributed by atoms with Gasteiger partial charge in [0.1, 0.15) is 0 Å². The molecule has 1 rings (SSSR count). The fourth-order valence-corrected chi connectivity index (χ4v) is 2.33. The number of amides is 1. The number of rotatable bonds is 4. The van der Waals surface area contributed by atoms with Crippen molar-refractivity contribution in [3.63, 3.8) is 0 Å². The maximum Gasteiger partial charge on any atom is 0.234 e. The molecule has 3 N–H and O–H groups in total. The van der Waals surface area contributed by atoms with Crippen LogP contribution in [0, 0.1) is 5.92 Å². The second-order valence-corrected chi connectivity index (χ2v) is 6.10. The van der Waals surface area contributed by atoms with Gasteiger partial charge in [-0.05, 0) is 65.6 Å². The molecular weight excluding hydrogens is 214 g/mol. The van der Waals surface area contributed by atoms with E-state index < -0.39 is 0 Å². The number of nitrogens with one attached hydrogen (secondary N) is 1. The van der Waals surface area contributed by atoms with E-state index >= 15 is 0 Å². The summed E-state index contributed by atoms with van der Waals surface area (Å²) >= 11 is 0. The average molecular weight is 241 g/mol. The fraction of sp³-hybridized carbons (Fsp3) is 0.923. The molecule has 1 aliphatic heterocycles. The quantitative estimate of drug-likeness (QED) is 0.771. The van der Waals surface area contributed by atoms with Crippen LogP contribution in [-0.4, -0.2) is 42.5 Å². The highest BCUT2D eigenvalue weighted by Crippen LogP contribution is 2.19. The van der Waals surface area contributed by atoms with E-state index in [9.17, 15) is 4.79 Å². The molecule has 1 fully saturated rings. The Labute approximate surface area is 105 Å². The summed E-state index contributed by atoms with van der Waals surface area (Å²) in [5, 5.41) is 3.00. The second-order valence-electron chi connectivity index (χ2n) is 6.10. The average Bonchev–Trinajstić information content (AvgIpc) is 2.18. The first-order chi connectivity index (χ1) is 7.90. The zero-order valence-corrected chi connectivity index (χ0v) is 11.5. The van der Waals surface area contributed by atoms with Crippen LogP contribution >= 0.6 is 0 Å². The van der Waals surface area contributed by atoms with E-state index in [1.165, 1.54) is 12.8 Å². The maximum absolute atomic E-state index is 11.8. The second kappa shape index (κ2) is 6.36. The van der Waals surface area contributed by atoms with Gasteiger partial charge in [-0.1, -0.05) is 0 Å². The van der Waals surface area contributed by atoms with Crippen LogP contribution in [0.1, 0.15) is 40.0 Å². The molecule has 0 aromatic carbocycles. The lowest BCUT2D eigenvalue weighted by Gasteiger charge is -2.32. The van der Waals surface area contributed by atoms with Crippen molar-refractivity contribution < 1.29 is 4.79 Å². The number of hydrogen-bond acceptors (Lipinski definition) is 3. The van der Waals surface area contributed by atoms with Crippen LogP contribution in [0.3, 0.4) is 0 Å². The van der Waals surface area contributed by atoms with Crippen molar-refractivity contribution in [2.75, 3.05) is 26.2 Å². The van der Waals surface area contributed by atoms with Gasteiger partial charge >= 0.3 is 0 Å². The smallest absolute Gasteiger partial charge is 0.234 e. The SMILES string of the molecule is CC(C)(C)NC(=O)CN1CCC(CCN)CC1. The molecule has 0 unspecified atom stereocenters. The highest BCUT2D eigenvalue weighted by atomic mass is 16.2. The summed E-state index contributed by atoms with van der Waals surface area (Å²) in [6.45, 7) is 9.42. The molecule has 1 amide bonds. The molecule has 0 aromatic heterocycles. The van der Waals surface area contributed by atoms with Gasteiger partial charge in [0, 0.05) is 5.54 Å². The molecular formula is C13H27N3O. The van der Waals surface area contributed by atoms with Crippen LogP contribution in [0.4, 0.5) is 0 Å². The Hall–Kier alpha value is -0.610. The number of likely N-dealkylation sites (tertiary alicyclic amines) is 1. The van der Waals surface area contributed by atoms with E-state index in [2.05, 4.69) is 10.2 Å². The summed E-state index contributed by atoms with van der Waals surface area (Å²) < 4.78 is 0. The first-order valence-corrected chi connectivity index (χ1v) is 6.64. The van der Waals surface area contributed by atoms with Crippen molar-refractivity contribution in [1.29, 1.82) is 0 Å². The molecule has 100 valence electrons. The summed E-state index contributed by atoms with van der Waals surface area (Å²) in [6, 6.07) is 0. The largest absolute Gasteiger partial charge is 0.350 e. The van der Waals surface area contributed by atoms with Crippen LogP contribution in [0.2, 0.25) is 0 Å². The molecule has 0 bridgehead atoms. The van der Waals surface area contributed by atoms with Crippen molar-refractivity contribution in [2.24, 2.45) is 11.7 Å². The topological polar surface area (TPSA) is 58.4 Å². The summed E-state index contributed by atoms with van der Waals surface area (Å²) in [4.78, 5) is 14.0. The van der Waals surface area contributed by atoms with Gasteiger partial charge in [-0.2, -0.15) is 0 Å². The predicted octanol–water partition coefficient (Wildman–Crippen LogP) is 0.962. The lowest BCUT2D eigenvalue weighted by Crippen LogP contribution is -2.47. The lowest BCUT2D eigenvalue weighted by molar-refractivity contribution is -0.124. The van der Waals surface area contributed by atoms with E-state index in [4.69, 9.17) is 5.73 Å². The number of carbonyl (C=O) groups excluding carboxylic acids is 1. The number of piperidine rings is 1. The standard InChI is InChI=1S/C13H27N3O/c1-13(2,3)15-12(17)10-16-8-5-11(4-7-14)6-9-16/h11H,4-10,14H2,1-3H3,(H,15,17). The summed E-state index contributed by atoms with van der Waals surface area (Å²) in [5.74, 6) is 0.900. The van der Waals surface area contributed by atoms with Gasteiger partial charge < -0.3 is 11.1 Å². The van der Waals surface area contributed by atoms with Gasteiger partial charge in [0.2, 0.25) is 5.91 Å². The van der Waals surface area contributed by atoms with Gasteiger partial charge in [0.25, 0.3) is 0 Å². The minimum Gasteiger partial charge on any atom is -0.350 e. The monoisotopic (exact) mass is 241 g/mol. The number of nitrogens with two attached hydrogens (primary N) is 1. The van der Waals surface area contributed by atoms with E-state index in [0.717, 1.165) is 32.0 Å². The molecule has 0 aromatic rings. The summed E-state index contributed by atoms with van der Waals surface area (Å²) in [5.41, 5.74) is 5.44. The Morgan fingerprint density at radius 3 is 2.41 bits per heavy atom. The van der Waals surface area contributed by atoms with E-state index in [1.54, 1.807) is 0 Å². The van der Waals surface area contributed by atoms with Crippen LogP contribution in [0.25, 0.3) is 0 Å². The predicted molar refractivity (Wildman–Crippen MR) is 70.7 cm³/mol. The number of carbonyl (C=O) groups is 1. The highest BCUT2D eigenvalue weighted by molar-refractivity contribution is 5.78. The van der Waals surface area contributed by atoms with Crippen molar-refractivity contribution in [3.8, 4) is 0 Å². The lowest BCUT2D eigenvalue weighted by atomic mass is 9.93. The molecule has 0 radical (unpaired) electrons. The molecule has 4 heteroatoms. The number of hydrogen-bond donors (Lipinski definition) is 2. The molecule has 17 heavy (non-hydrogen) atoms. The third-order valence-electron chi connectivity index (χ3n) is 3.16. The normalized spacial score (nSPS) is 19.3. The number of nitrogens with zero attached hydrogens (tertiary/aromatic N) is 1. The highest BCUT2D eigenvalue weighted by Gasteiger charge is 2.21. The Morgan fingerprint density at radius 1 is 1.35 bits per heavy atom. The maximum atomic E-state index is 11.8. The van der Waals surface area contributed by atoms with Crippen molar-refractivity contribution in [2.45, 2.75) is 45.6 Å². The minimum absolute atomic E-state index is 0.130. The molecule has 0 atom stereocenters. The molecule has 0 saturated carbocycles. The zero-order chi connectivity index (χ0) is 12.9. The molecule has 0 aliphatic carbocycles. The Morgan fingerprint density at radius 2 is 1.94 bits per heavy atom. The van der Waals surface area contributed by atoms with Crippen LogP contribution in [0.15, 0.2) is 0 Å². The fourth-order valence-electron chi connectivity index (χ4n) is 2.33. The van der Waals surface area contributed by atoms with Crippen LogP contribution in [0.5, 0.6) is 0 Å². The molecule has 0 spiro atoms. The first kappa shape index (κ1) is 14.5. The first-order valence-electron chi connectivity index (χ1n) is 6.64. The van der Waals surface area contributed by atoms with Crippen molar-refractivity contribution in [1.82, 2.24) is 10.2 Å². The van der Waals surface area contributed by atoms with Crippen LogP contribution in [-0.2, 0) is 4.79 Å². The van der Waals surface area contributed by atoms with Crippen molar-refractivity contribution >= 4 is 5.91 Å². The molecule has 1 heterocycles. The molecule has 1 saturated heterocycles. The Bertz CT molecular complexity index is 240. The van der Waals surface area contributed by atoms with Gasteiger partial charge in [-0.15, -0.1) is 0 Å². The van der Waals surface area contributed by atoms with Gasteiger partial charge in [-0.25, -0.2) is 0 Å². The van der Waals surface area contributed by atoms with E-state index in [0.29, 0.717) is 6.54 Å². The zero-order valence-electron chi connectivity index (χ0n) is 11.5. The summed E-state index contributed by atoms with van der Waals surface area (Å²) in [6.07, 6.45) is 3.49. The minimum atomic E-state index is -0.130. The van der Waals surface area contributed by atoms with E-state index in [-0.39, 0.29) is 11.4 Å². The molecule has 1 aliphatic rings. The van der Waals surface area contributed by atoms with Gasteiger partial charge in [0.05, 0.1) is 6.54 Å². The molecule has 4 nitrogen and oxygen atoms in total.